The molecule has 0 fully saturated rings. The fraction of sp³-hybridized carbons (Fsp3) is 0.276. The van der Waals surface area contributed by atoms with Gasteiger partial charge in [0.25, 0.3) is 0 Å². The summed E-state index contributed by atoms with van der Waals surface area (Å²) in [5.41, 5.74) is 3.19. The van der Waals surface area contributed by atoms with Crippen LogP contribution < -0.4 is 10.2 Å². The predicted molar refractivity (Wildman–Crippen MR) is 145 cm³/mol. The minimum atomic E-state index is -0.266. The van der Waals surface area contributed by atoms with Crippen LogP contribution in [0.25, 0.3) is 0 Å². The molecule has 0 radical (unpaired) electrons. The molecule has 1 amide bonds. The molecule has 3 aromatic carbocycles. The highest BCUT2D eigenvalue weighted by Gasteiger charge is 2.18. The van der Waals surface area contributed by atoms with Crippen molar-refractivity contribution in [2.24, 2.45) is 0 Å². The fourth-order valence-electron chi connectivity index (χ4n) is 4.02. The van der Waals surface area contributed by atoms with Crippen molar-refractivity contribution in [2.45, 2.75) is 25.3 Å². The molecule has 0 bridgehead atoms. The molecular weight excluding hydrogens is 487 g/mol. The second-order valence-electron chi connectivity index (χ2n) is 8.75. The lowest BCUT2D eigenvalue weighted by Crippen LogP contribution is -2.35. The van der Waals surface area contributed by atoms with Crippen LogP contribution in [0.5, 0.6) is 0 Å². The van der Waals surface area contributed by atoms with Gasteiger partial charge in [-0.2, -0.15) is 4.37 Å². The molecule has 4 rings (SSSR count). The van der Waals surface area contributed by atoms with Crippen LogP contribution in [-0.2, 0) is 22.4 Å². The van der Waals surface area contributed by atoms with E-state index in [1.54, 1.807) is 19.2 Å². The van der Waals surface area contributed by atoms with Crippen LogP contribution in [0.3, 0.4) is 0 Å². The normalized spacial score (nSPS) is 11.7. The third-order valence-electron chi connectivity index (χ3n) is 6.00. The number of aromatic nitrogens is 2. The number of benzene rings is 3. The average Bonchev–Trinajstić information content (AvgIpc) is 3.39. The molecule has 1 unspecified atom stereocenters. The maximum atomic E-state index is 13.2. The molecule has 0 spiro atoms. The topological polar surface area (TPSA) is 67.3 Å². The summed E-state index contributed by atoms with van der Waals surface area (Å²) in [4.78, 5) is 19.8. The first-order valence-corrected chi connectivity index (χ1v) is 13.1. The van der Waals surface area contributed by atoms with Gasteiger partial charge in [0.1, 0.15) is 11.6 Å². The average molecular weight is 519 g/mol. The van der Waals surface area contributed by atoms with Crippen LogP contribution in [0.4, 0.5) is 9.52 Å². The van der Waals surface area contributed by atoms with Crippen LogP contribution >= 0.6 is 11.5 Å². The zero-order chi connectivity index (χ0) is 25.9. The number of rotatable bonds is 13. The molecule has 4 aromatic rings. The monoisotopic (exact) mass is 518 g/mol. The molecule has 8 heteroatoms. The first-order chi connectivity index (χ1) is 18.1. The van der Waals surface area contributed by atoms with E-state index in [4.69, 9.17) is 4.74 Å². The number of carbonyl (C=O) groups is 1. The molecule has 0 saturated carbocycles. The van der Waals surface area contributed by atoms with Gasteiger partial charge >= 0.3 is 0 Å². The highest BCUT2D eigenvalue weighted by atomic mass is 32.1. The molecule has 37 heavy (non-hydrogen) atoms. The van der Waals surface area contributed by atoms with Gasteiger partial charge < -0.3 is 15.0 Å². The molecule has 1 aromatic heterocycles. The van der Waals surface area contributed by atoms with Crippen molar-refractivity contribution in [1.29, 1.82) is 0 Å². The molecule has 6 nitrogen and oxygen atoms in total. The lowest BCUT2D eigenvalue weighted by molar-refractivity contribution is -0.121. The van der Waals surface area contributed by atoms with Gasteiger partial charge in [-0.05, 0) is 35.2 Å². The number of halogens is 1. The van der Waals surface area contributed by atoms with Crippen molar-refractivity contribution >= 4 is 22.6 Å². The number of carbonyl (C=O) groups excluding carboxylic acids is 1. The Balaban J connectivity index is 1.39. The molecule has 1 atom stereocenters. The zero-order valence-corrected chi connectivity index (χ0v) is 21.7. The largest absolute Gasteiger partial charge is 0.383 e. The fourth-order valence-corrected chi connectivity index (χ4v) is 4.76. The Morgan fingerprint density at radius 2 is 1.68 bits per heavy atom. The minimum absolute atomic E-state index is 0.0248. The van der Waals surface area contributed by atoms with Crippen molar-refractivity contribution < 1.29 is 13.9 Å². The van der Waals surface area contributed by atoms with E-state index in [0.717, 1.165) is 16.3 Å². The van der Waals surface area contributed by atoms with E-state index in [1.165, 1.54) is 29.2 Å². The van der Waals surface area contributed by atoms with Crippen molar-refractivity contribution in [3.8, 4) is 0 Å². The highest BCUT2D eigenvalue weighted by molar-refractivity contribution is 7.09. The maximum Gasteiger partial charge on any atom is 0.222 e. The van der Waals surface area contributed by atoms with Crippen molar-refractivity contribution in [1.82, 2.24) is 14.7 Å². The summed E-state index contributed by atoms with van der Waals surface area (Å²) < 4.78 is 23.0. The molecule has 0 aliphatic carbocycles. The Morgan fingerprint density at radius 3 is 2.38 bits per heavy atom. The third-order valence-corrected chi connectivity index (χ3v) is 6.81. The Hall–Kier alpha value is -3.62. The number of anilines is 1. The third kappa shape index (κ3) is 8.20. The van der Waals surface area contributed by atoms with Gasteiger partial charge in [0.05, 0.1) is 12.6 Å². The Morgan fingerprint density at radius 1 is 0.973 bits per heavy atom. The second-order valence-corrected chi connectivity index (χ2v) is 9.48. The highest BCUT2D eigenvalue weighted by Crippen LogP contribution is 2.21. The van der Waals surface area contributed by atoms with Crippen molar-refractivity contribution in [3.63, 3.8) is 0 Å². The lowest BCUT2D eigenvalue weighted by atomic mass is 9.98. The number of nitrogens with zero attached hydrogens (tertiary/aromatic N) is 3. The summed E-state index contributed by atoms with van der Waals surface area (Å²) >= 11 is 1.30. The quantitative estimate of drug-likeness (QED) is 0.263. The van der Waals surface area contributed by atoms with Gasteiger partial charge in [-0.1, -0.05) is 72.8 Å². The van der Waals surface area contributed by atoms with E-state index in [2.05, 4.69) is 26.8 Å². The molecule has 1 heterocycles. The Labute approximate surface area is 221 Å². The van der Waals surface area contributed by atoms with Crippen molar-refractivity contribution in [2.75, 3.05) is 31.7 Å². The zero-order valence-electron chi connectivity index (χ0n) is 20.8. The number of hydrogen-bond donors (Lipinski definition) is 1. The summed E-state index contributed by atoms with van der Waals surface area (Å²) in [6.45, 7) is 1.60. The lowest BCUT2D eigenvalue weighted by Gasteiger charge is -2.23. The van der Waals surface area contributed by atoms with Gasteiger partial charge in [0.15, 0.2) is 0 Å². The summed E-state index contributed by atoms with van der Waals surface area (Å²) in [7, 11) is 1.65. The van der Waals surface area contributed by atoms with Crippen molar-refractivity contribution in [3.05, 3.63) is 113 Å². The molecular formula is C29H31FN4O2S. The van der Waals surface area contributed by atoms with E-state index in [-0.39, 0.29) is 17.8 Å². The smallest absolute Gasteiger partial charge is 0.222 e. The summed E-state index contributed by atoms with van der Waals surface area (Å²) in [6.07, 6.45) is 1.55. The number of ether oxygens (including phenoxy) is 1. The number of nitrogens with one attached hydrogen (secondary N) is 1. The Kier molecular flexibility index (Phi) is 9.74. The maximum absolute atomic E-state index is 13.2. The van der Waals surface area contributed by atoms with Crippen LogP contribution in [0.2, 0.25) is 0 Å². The molecule has 192 valence electrons. The van der Waals surface area contributed by atoms with Crippen LogP contribution in [0, 0.1) is 5.82 Å². The van der Waals surface area contributed by atoms with E-state index in [0.29, 0.717) is 44.8 Å². The van der Waals surface area contributed by atoms with Crippen LogP contribution in [0.15, 0.2) is 84.9 Å². The van der Waals surface area contributed by atoms with E-state index < -0.39 is 0 Å². The number of amides is 1. The number of hydrogen-bond acceptors (Lipinski definition) is 6. The molecule has 1 N–H and O–H groups in total. The Bertz CT molecular complexity index is 1240. The van der Waals surface area contributed by atoms with E-state index >= 15 is 0 Å². The second kappa shape index (κ2) is 13.6. The first-order valence-electron chi connectivity index (χ1n) is 12.3. The van der Waals surface area contributed by atoms with Crippen LogP contribution in [0.1, 0.15) is 35.0 Å². The molecule has 0 saturated heterocycles. The first kappa shape index (κ1) is 26.4. The summed E-state index contributed by atoms with van der Waals surface area (Å²) in [5, 5.41) is 3.97. The van der Waals surface area contributed by atoms with Crippen LogP contribution in [-0.4, -0.2) is 42.1 Å². The van der Waals surface area contributed by atoms with Gasteiger partial charge in [0, 0.05) is 44.6 Å². The van der Waals surface area contributed by atoms with Gasteiger partial charge in [-0.15, -0.1) is 0 Å². The van der Waals surface area contributed by atoms with Gasteiger partial charge in [-0.3, -0.25) is 4.79 Å². The molecule has 0 aliphatic heterocycles. The van der Waals surface area contributed by atoms with E-state index in [1.807, 2.05) is 53.4 Å². The van der Waals surface area contributed by atoms with E-state index in [9.17, 15) is 9.18 Å². The summed E-state index contributed by atoms with van der Waals surface area (Å²) in [5.74, 6) is 0.381. The molecule has 0 aliphatic rings. The summed E-state index contributed by atoms with van der Waals surface area (Å²) in [6, 6.07) is 26.5. The van der Waals surface area contributed by atoms with Gasteiger partial charge in [-0.25, -0.2) is 9.37 Å². The minimum Gasteiger partial charge on any atom is -0.383 e. The van der Waals surface area contributed by atoms with Gasteiger partial charge in [0.2, 0.25) is 11.0 Å². The SMILES string of the molecule is COCCN(CCC(=O)NC(Cc1ccccc1)c1ccccc1)c1nc(Cc2ccc(F)cc2)ns1. The number of methoxy groups -OCH3 is 1. The standard InChI is InChI=1S/C29H31FN4O2S/c1-36-19-18-34(29-32-27(33-37-29)21-23-12-14-25(30)15-13-23)17-16-28(35)31-26(24-10-6-3-7-11-24)20-22-8-4-2-5-9-22/h2-15,26H,16-21H2,1H3,(H,31,35). The predicted octanol–water partition coefficient (Wildman–Crippen LogP) is 5.21.